The first kappa shape index (κ1) is 16.1. The summed E-state index contributed by atoms with van der Waals surface area (Å²) in [7, 11) is 0. The maximum atomic E-state index is 12.4. The van der Waals surface area contributed by atoms with E-state index in [0.29, 0.717) is 13.0 Å². The molecular formula is C17H23N3O2. The number of hydrogen-bond acceptors (Lipinski definition) is 2. The lowest BCUT2D eigenvalue weighted by Crippen LogP contribution is -2.43. The summed E-state index contributed by atoms with van der Waals surface area (Å²) >= 11 is 0. The number of H-pyrrole nitrogens is 1. The number of hydrogen-bond donors (Lipinski definition) is 2. The predicted octanol–water partition coefficient (Wildman–Crippen LogP) is 2.08. The van der Waals surface area contributed by atoms with Crippen molar-refractivity contribution in [3.05, 3.63) is 36.0 Å². The number of aromatic amines is 1. The van der Waals surface area contributed by atoms with Crippen molar-refractivity contribution in [3.8, 4) is 0 Å². The van der Waals surface area contributed by atoms with E-state index in [-0.39, 0.29) is 24.4 Å². The number of carbonyl (C=O) groups excluding carboxylic acids is 2. The van der Waals surface area contributed by atoms with Crippen LogP contribution in [0, 0.1) is 0 Å². The Balaban J connectivity index is 2.04. The van der Waals surface area contributed by atoms with E-state index in [1.54, 1.807) is 4.90 Å². The number of benzene rings is 1. The van der Waals surface area contributed by atoms with Crippen molar-refractivity contribution in [1.82, 2.24) is 15.2 Å². The normalized spacial score (nSPS) is 10.9. The lowest BCUT2D eigenvalue weighted by atomic mass is 10.1. The number of nitrogens with one attached hydrogen (secondary N) is 2. The summed E-state index contributed by atoms with van der Waals surface area (Å²) in [6.45, 7) is 6.32. The Hall–Kier alpha value is -2.30. The fourth-order valence-corrected chi connectivity index (χ4v) is 2.47. The molecule has 2 amide bonds. The van der Waals surface area contributed by atoms with Gasteiger partial charge in [-0.05, 0) is 32.4 Å². The van der Waals surface area contributed by atoms with Gasteiger partial charge in [-0.25, -0.2) is 0 Å². The van der Waals surface area contributed by atoms with Crippen LogP contribution >= 0.6 is 0 Å². The number of fused-ring (bicyclic) bond motifs is 1. The molecule has 1 aromatic heterocycles. The average molecular weight is 301 g/mol. The predicted molar refractivity (Wildman–Crippen MR) is 87.5 cm³/mol. The lowest BCUT2D eigenvalue weighted by molar-refractivity contribution is -0.135. The first-order valence-electron chi connectivity index (χ1n) is 7.63. The first-order chi connectivity index (χ1) is 10.5. The van der Waals surface area contributed by atoms with Crippen LogP contribution in [0.15, 0.2) is 30.5 Å². The molecule has 0 saturated carbocycles. The third-order valence-corrected chi connectivity index (χ3v) is 3.54. The minimum atomic E-state index is -0.121. The van der Waals surface area contributed by atoms with Crippen LogP contribution in [0.2, 0.25) is 0 Å². The zero-order valence-electron chi connectivity index (χ0n) is 13.3. The number of carbonyl (C=O) groups is 2. The molecule has 5 heteroatoms. The Bertz CT molecular complexity index is 661. The molecule has 0 saturated heterocycles. The third-order valence-electron chi connectivity index (χ3n) is 3.54. The second-order valence-corrected chi connectivity index (χ2v) is 5.67. The molecular weight excluding hydrogens is 278 g/mol. The maximum Gasteiger partial charge on any atom is 0.239 e. The van der Waals surface area contributed by atoms with Crippen LogP contribution < -0.4 is 5.32 Å². The molecule has 22 heavy (non-hydrogen) atoms. The van der Waals surface area contributed by atoms with Gasteiger partial charge < -0.3 is 15.2 Å². The summed E-state index contributed by atoms with van der Waals surface area (Å²) in [4.78, 5) is 29.0. The fourth-order valence-electron chi connectivity index (χ4n) is 2.47. The Morgan fingerprint density at radius 1 is 1.27 bits per heavy atom. The molecule has 0 spiro atoms. The SMILES string of the molecule is CCN(CC(=O)NC(C)C)C(=O)Cc1c[nH]c2ccccc12. The van der Waals surface area contributed by atoms with Gasteiger partial charge in [0.15, 0.2) is 0 Å². The average Bonchev–Trinajstić information content (AvgIpc) is 2.87. The highest BCUT2D eigenvalue weighted by atomic mass is 16.2. The van der Waals surface area contributed by atoms with Crippen LogP contribution in [0.1, 0.15) is 26.3 Å². The van der Waals surface area contributed by atoms with Crippen molar-refractivity contribution in [3.63, 3.8) is 0 Å². The van der Waals surface area contributed by atoms with Crippen molar-refractivity contribution in [2.45, 2.75) is 33.2 Å². The van der Waals surface area contributed by atoms with Crippen LogP contribution in [-0.4, -0.2) is 40.8 Å². The number of aromatic nitrogens is 1. The Morgan fingerprint density at radius 2 is 2.00 bits per heavy atom. The number of rotatable bonds is 6. The molecule has 5 nitrogen and oxygen atoms in total. The third kappa shape index (κ3) is 3.87. The van der Waals surface area contributed by atoms with E-state index >= 15 is 0 Å². The van der Waals surface area contributed by atoms with E-state index < -0.39 is 0 Å². The highest BCUT2D eigenvalue weighted by molar-refractivity contribution is 5.90. The van der Waals surface area contributed by atoms with Gasteiger partial charge in [0.25, 0.3) is 0 Å². The second kappa shape index (κ2) is 7.11. The van der Waals surface area contributed by atoms with E-state index in [1.165, 1.54) is 0 Å². The van der Waals surface area contributed by atoms with Gasteiger partial charge in [0, 0.05) is 29.7 Å². The molecule has 0 fully saturated rings. The van der Waals surface area contributed by atoms with Gasteiger partial charge in [-0.15, -0.1) is 0 Å². The Morgan fingerprint density at radius 3 is 2.68 bits per heavy atom. The van der Waals surface area contributed by atoms with Crippen LogP contribution in [0.3, 0.4) is 0 Å². The monoisotopic (exact) mass is 301 g/mol. The van der Waals surface area contributed by atoms with E-state index in [4.69, 9.17) is 0 Å². The standard InChI is InChI=1S/C17H23N3O2/c1-4-20(11-16(21)19-12(2)3)17(22)9-13-10-18-15-8-6-5-7-14(13)15/h5-8,10,12,18H,4,9,11H2,1-3H3,(H,19,21). The summed E-state index contributed by atoms with van der Waals surface area (Å²) in [6.07, 6.45) is 2.16. The van der Waals surface area contributed by atoms with Gasteiger partial charge in [0.2, 0.25) is 11.8 Å². The lowest BCUT2D eigenvalue weighted by Gasteiger charge is -2.21. The van der Waals surface area contributed by atoms with E-state index in [2.05, 4.69) is 10.3 Å². The van der Waals surface area contributed by atoms with Crippen molar-refractivity contribution < 1.29 is 9.59 Å². The number of nitrogens with zero attached hydrogens (tertiary/aromatic N) is 1. The number of para-hydroxylation sites is 1. The molecule has 0 atom stereocenters. The largest absolute Gasteiger partial charge is 0.361 e. The van der Waals surface area contributed by atoms with Gasteiger partial charge in [-0.1, -0.05) is 18.2 Å². The topological polar surface area (TPSA) is 65.2 Å². The minimum Gasteiger partial charge on any atom is -0.361 e. The minimum absolute atomic E-state index is 0.0360. The second-order valence-electron chi connectivity index (χ2n) is 5.67. The summed E-state index contributed by atoms with van der Waals surface area (Å²) in [5.74, 6) is -0.157. The summed E-state index contributed by atoms with van der Waals surface area (Å²) < 4.78 is 0. The van der Waals surface area contributed by atoms with Crippen molar-refractivity contribution in [2.75, 3.05) is 13.1 Å². The molecule has 0 radical (unpaired) electrons. The highest BCUT2D eigenvalue weighted by Gasteiger charge is 2.17. The van der Waals surface area contributed by atoms with Crippen molar-refractivity contribution in [2.24, 2.45) is 0 Å². The van der Waals surface area contributed by atoms with Gasteiger partial charge in [0.05, 0.1) is 13.0 Å². The van der Waals surface area contributed by atoms with Crippen LogP contribution in [0.25, 0.3) is 10.9 Å². The maximum absolute atomic E-state index is 12.4. The summed E-state index contributed by atoms with van der Waals surface area (Å²) in [5, 5.41) is 3.87. The van der Waals surface area contributed by atoms with Gasteiger partial charge in [-0.3, -0.25) is 9.59 Å². The molecule has 0 aliphatic carbocycles. The molecule has 1 heterocycles. The Kier molecular flexibility index (Phi) is 5.20. The van der Waals surface area contributed by atoms with E-state index in [1.807, 2.05) is 51.2 Å². The molecule has 0 aliphatic rings. The van der Waals surface area contributed by atoms with Gasteiger partial charge in [0.1, 0.15) is 0 Å². The smallest absolute Gasteiger partial charge is 0.239 e. The molecule has 1 aromatic carbocycles. The molecule has 2 rings (SSSR count). The van der Waals surface area contributed by atoms with Crippen LogP contribution in [0.5, 0.6) is 0 Å². The first-order valence-corrected chi connectivity index (χ1v) is 7.63. The van der Waals surface area contributed by atoms with Crippen molar-refractivity contribution in [1.29, 1.82) is 0 Å². The van der Waals surface area contributed by atoms with E-state index in [9.17, 15) is 9.59 Å². The number of likely N-dealkylation sites (N-methyl/N-ethyl adjacent to an activating group) is 1. The van der Waals surface area contributed by atoms with E-state index in [0.717, 1.165) is 16.5 Å². The molecule has 2 N–H and O–H groups in total. The van der Waals surface area contributed by atoms with Crippen LogP contribution in [0.4, 0.5) is 0 Å². The molecule has 0 unspecified atom stereocenters. The summed E-state index contributed by atoms with van der Waals surface area (Å²) in [5.41, 5.74) is 1.98. The molecule has 118 valence electrons. The molecule has 2 aromatic rings. The van der Waals surface area contributed by atoms with Gasteiger partial charge >= 0.3 is 0 Å². The van der Waals surface area contributed by atoms with Crippen molar-refractivity contribution >= 4 is 22.7 Å². The quantitative estimate of drug-likeness (QED) is 0.858. The zero-order valence-corrected chi connectivity index (χ0v) is 13.3. The molecule has 0 aliphatic heterocycles. The van der Waals surface area contributed by atoms with Gasteiger partial charge in [-0.2, -0.15) is 0 Å². The fraction of sp³-hybridized carbons (Fsp3) is 0.412. The Labute approximate surface area is 130 Å². The van der Waals surface area contributed by atoms with Crippen LogP contribution in [-0.2, 0) is 16.0 Å². The summed E-state index contributed by atoms with van der Waals surface area (Å²) in [6, 6.07) is 7.97. The number of amides is 2. The molecule has 0 bridgehead atoms. The zero-order chi connectivity index (χ0) is 16.1. The highest BCUT2D eigenvalue weighted by Crippen LogP contribution is 2.18.